The summed E-state index contributed by atoms with van der Waals surface area (Å²) in [5.41, 5.74) is 0.400. The molecule has 1 N–H and O–H groups in total. The van der Waals surface area contributed by atoms with Gasteiger partial charge in [-0.2, -0.15) is 0 Å². The molecule has 4 heteroatoms. The van der Waals surface area contributed by atoms with Gasteiger partial charge < -0.3 is 14.7 Å². The second-order valence-corrected chi connectivity index (χ2v) is 7.83. The van der Waals surface area contributed by atoms with Crippen LogP contribution in [0.3, 0.4) is 0 Å². The number of carbonyl (C=O) groups is 1. The molecule has 4 nitrogen and oxygen atoms in total. The Morgan fingerprint density at radius 3 is 2.21 bits per heavy atom. The third kappa shape index (κ3) is 2.52. The number of aliphatic hydroxyl groups is 1. The van der Waals surface area contributed by atoms with Crippen LogP contribution >= 0.6 is 0 Å². The van der Waals surface area contributed by atoms with Gasteiger partial charge in [-0.15, -0.1) is 0 Å². The standard InChI is InChI=1S/C20H27NO3/c1-24-17-5-3-15(4-6-17)19(9-2-10-19)18(22)21-13-7-16(8-14-21)20(23)11-12-20/h3-6,16,23H,2,7-14H2,1H3. The number of likely N-dealkylation sites (tertiary alicyclic amines) is 1. The first kappa shape index (κ1) is 15.9. The first-order valence-corrected chi connectivity index (χ1v) is 9.24. The summed E-state index contributed by atoms with van der Waals surface area (Å²) < 4.78 is 5.24. The molecule has 0 radical (unpaired) electrons. The number of ether oxygens (including phenoxy) is 1. The van der Waals surface area contributed by atoms with Gasteiger partial charge in [-0.1, -0.05) is 18.6 Å². The molecular weight excluding hydrogens is 302 g/mol. The van der Waals surface area contributed by atoms with Gasteiger partial charge in [-0.25, -0.2) is 0 Å². The molecule has 0 atom stereocenters. The lowest BCUT2D eigenvalue weighted by Gasteiger charge is -2.46. The minimum absolute atomic E-state index is 0.292. The van der Waals surface area contributed by atoms with Gasteiger partial charge in [0.1, 0.15) is 5.75 Å². The number of methoxy groups -OCH3 is 1. The van der Waals surface area contributed by atoms with Crippen LogP contribution in [0.4, 0.5) is 0 Å². The fraction of sp³-hybridized carbons (Fsp3) is 0.650. The third-order valence-electron chi connectivity index (χ3n) is 6.56. The van der Waals surface area contributed by atoms with E-state index in [-0.39, 0.29) is 5.41 Å². The van der Waals surface area contributed by atoms with Gasteiger partial charge in [0, 0.05) is 13.1 Å². The summed E-state index contributed by atoms with van der Waals surface area (Å²) in [6.45, 7) is 1.59. The molecule has 2 aliphatic carbocycles. The minimum atomic E-state index is -0.403. The Morgan fingerprint density at radius 2 is 1.75 bits per heavy atom. The van der Waals surface area contributed by atoms with E-state index >= 15 is 0 Å². The molecule has 0 aromatic heterocycles. The molecule has 4 rings (SSSR count). The van der Waals surface area contributed by atoms with Gasteiger partial charge in [0.25, 0.3) is 0 Å². The van der Waals surface area contributed by atoms with Crippen molar-refractivity contribution in [2.45, 2.75) is 56.0 Å². The normalized spacial score (nSPS) is 25.0. The van der Waals surface area contributed by atoms with Crippen molar-refractivity contribution in [3.63, 3.8) is 0 Å². The summed E-state index contributed by atoms with van der Waals surface area (Å²) in [4.78, 5) is 15.3. The molecule has 24 heavy (non-hydrogen) atoms. The van der Waals surface area contributed by atoms with Crippen LogP contribution in [0, 0.1) is 5.92 Å². The summed E-state index contributed by atoms with van der Waals surface area (Å²) in [7, 11) is 1.66. The average molecular weight is 329 g/mol. The second-order valence-electron chi connectivity index (χ2n) is 7.83. The van der Waals surface area contributed by atoms with E-state index in [9.17, 15) is 9.90 Å². The number of nitrogens with zero attached hydrogens (tertiary/aromatic N) is 1. The molecule has 0 spiro atoms. The van der Waals surface area contributed by atoms with Crippen molar-refractivity contribution in [1.82, 2.24) is 4.90 Å². The van der Waals surface area contributed by atoms with E-state index in [0.717, 1.165) is 69.3 Å². The van der Waals surface area contributed by atoms with Crippen LogP contribution < -0.4 is 4.74 Å². The second kappa shape index (κ2) is 5.76. The maximum Gasteiger partial charge on any atom is 0.233 e. The molecule has 1 saturated heterocycles. The van der Waals surface area contributed by atoms with Gasteiger partial charge in [0.15, 0.2) is 0 Å². The number of benzene rings is 1. The van der Waals surface area contributed by atoms with E-state index in [1.165, 1.54) is 0 Å². The van der Waals surface area contributed by atoms with E-state index in [2.05, 4.69) is 12.1 Å². The SMILES string of the molecule is COc1ccc(C2(C(=O)N3CCC(C4(O)CC4)CC3)CCC2)cc1. The van der Waals surface area contributed by atoms with Crippen LogP contribution in [-0.2, 0) is 10.2 Å². The smallest absolute Gasteiger partial charge is 0.233 e. The number of carbonyl (C=O) groups excluding carboxylic acids is 1. The van der Waals surface area contributed by atoms with Crippen molar-refractivity contribution in [3.8, 4) is 5.75 Å². The highest BCUT2D eigenvalue weighted by atomic mass is 16.5. The van der Waals surface area contributed by atoms with Crippen molar-refractivity contribution in [2.75, 3.05) is 20.2 Å². The summed E-state index contributed by atoms with van der Waals surface area (Å²) >= 11 is 0. The Balaban J connectivity index is 1.47. The highest BCUT2D eigenvalue weighted by Gasteiger charge is 2.51. The van der Waals surface area contributed by atoms with E-state index in [0.29, 0.717) is 11.8 Å². The van der Waals surface area contributed by atoms with Crippen molar-refractivity contribution in [3.05, 3.63) is 29.8 Å². The lowest BCUT2D eigenvalue weighted by Crippen LogP contribution is -2.53. The molecule has 0 unspecified atom stereocenters. The zero-order valence-corrected chi connectivity index (χ0v) is 14.5. The monoisotopic (exact) mass is 329 g/mol. The van der Waals surface area contributed by atoms with Crippen molar-refractivity contribution in [2.24, 2.45) is 5.92 Å². The van der Waals surface area contributed by atoms with Gasteiger partial charge in [0.05, 0.1) is 18.1 Å². The number of rotatable bonds is 4. The molecule has 1 amide bonds. The Labute approximate surface area is 143 Å². The van der Waals surface area contributed by atoms with Gasteiger partial charge in [-0.05, 0) is 62.1 Å². The molecule has 1 aromatic rings. The van der Waals surface area contributed by atoms with Gasteiger partial charge >= 0.3 is 0 Å². The van der Waals surface area contributed by atoms with Crippen LogP contribution in [0.5, 0.6) is 5.75 Å². The maximum atomic E-state index is 13.3. The fourth-order valence-electron chi connectivity index (χ4n) is 4.53. The number of hydrogen-bond donors (Lipinski definition) is 1. The summed E-state index contributed by atoms with van der Waals surface area (Å²) in [6.07, 6.45) is 6.79. The molecule has 2 saturated carbocycles. The van der Waals surface area contributed by atoms with E-state index in [1.807, 2.05) is 17.0 Å². The predicted molar refractivity (Wildman–Crippen MR) is 92.0 cm³/mol. The molecule has 3 fully saturated rings. The largest absolute Gasteiger partial charge is 0.497 e. The van der Waals surface area contributed by atoms with Crippen molar-refractivity contribution in [1.29, 1.82) is 0 Å². The molecule has 130 valence electrons. The lowest BCUT2D eigenvalue weighted by atomic mass is 9.63. The van der Waals surface area contributed by atoms with Crippen LogP contribution in [-0.4, -0.2) is 41.7 Å². The molecule has 1 aromatic carbocycles. The Bertz CT molecular complexity index is 608. The maximum absolute atomic E-state index is 13.3. The Kier molecular flexibility index (Phi) is 3.83. The highest BCUT2D eigenvalue weighted by molar-refractivity contribution is 5.89. The summed E-state index contributed by atoms with van der Waals surface area (Å²) in [6, 6.07) is 8.01. The molecular formula is C20H27NO3. The first-order chi connectivity index (χ1) is 11.6. The quantitative estimate of drug-likeness (QED) is 0.924. The first-order valence-electron chi connectivity index (χ1n) is 9.24. The fourth-order valence-corrected chi connectivity index (χ4v) is 4.53. The highest BCUT2D eigenvalue weighted by Crippen LogP contribution is 2.48. The molecule has 3 aliphatic rings. The predicted octanol–water partition coefficient (Wildman–Crippen LogP) is 2.88. The Hall–Kier alpha value is -1.55. The van der Waals surface area contributed by atoms with Crippen LogP contribution in [0.2, 0.25) is 0 Å². The Morgan fingerprint density at radius 1 is 1.12 bits per heavy atom. The van der Waals surface area contributed by atoms with Gasteiger partial charge in [0.2, 0.25) is 5.91 Å². The topological polar surface area (TPSA) is 49.8 Å². The summed E-state index contributed by atoms with van der Waals surface area (Å²) in [5.74, 6) is 1.51. The van der Waals surface area contributed by atoms with Crippen LogP contribution in [0.15, 0.2) is 24.3 Å². The number of piperidine rings is 1. The molecule has 1 aliphatic heterocycles. The number of amides is 1. The average Bonchev–Trinajstić information content (AvgIpc) is 3.33. The van der Waals surface area contributed by atoms with E-state index < -0.39 is 5.60 Å². The summed E-state index contributed by atoms with van der Waals surface area (Å²) in [5, 5.41) is 10.3. The van der Waals surface area contributed by atoms with Crippen molar-refractivity contribution < 1.29 is 14.6 Å². The van der Waals surface area contributed by atoms with Crippen LogP contribution in [0.1, 0.15) is 50.5 Å². The number of hydrogen-bond acceptors (Lipinski definition) is 3. The minimum Gasteiger partial charge on any atom is -0.497 e. The van der Waals surface area contributed by atoms with E-state index in [1.54, 1.807) is 7.11 Å². The zero-order chi connectivity index (χ0) is 16.8. The lowest BCUT2D eigenvalue weighted by molar-refractivity contribution is -0.143. The zero-order valence-electron chi connectivity index (χ0n) is 14.5. The molecule has 1 heterocycles. The van der Waals surface area contributed by atoms with Crippen LogP contribution in [0.25, 0.3) is 0 Å². The molecule has 0 bridgehead atoms. The third-order valence-corrected chi connectivity index (χ3v) is 6.56. The van der Waals surface area contributed by atoms with E-state index in [4.69, 9.17) is 4.74 Å². The van der Waals surface area contributed by atoms with Crippen molar-refractivity contribution >= 4 is 5.91 Å². The van der Waals surface area contributed by atoms with Gasteiger partial charge in [-0.3, -0.25) is 4.79 Å².